The number of nitrogen functional groups attached to an aromatic ring is 1. The molecule has 2 N–H and O–H groups in total. The molecule has 0 radical (unpaired) electrons. The van der Waals surface area contributed by atoms with Crippen LogP contribution >= 0.6 is 0 Å². The largest absolute Gasteiger partial charge is 0.445 e. The Balaban J connectivity index is 1.62. The second-order valence-corrected chi connectivity index (χ2v) is 5.88. The third-order valence-corrected chi connectivity index (χ3v) is 4.05. The number of anilines is 1. The quantitative estimate of drug-likeness (QED) is 0.938. The van der Waals surface area contributed by atoms with Gasteiger partial charge >= 0.3 is 6.09 Å². The number of hydrogen-bond acceptors (Lipinski definition) is 5. The molecule has 3 rings (SSSR count). The van der Waals surface area contributed by atoms with Gasteiger partial charge in [-0.15, -0.1) is 0 Å². The van der Waals surface area contributed by atoms with Crippen LogP contribution in [0.25, 0.3) is 0 Å². The number of pyridine rings is 1. The fraction of sp³-hybridized carbons (Fsp3) is 0.333. The number of morpholine rings is 1. The average molecular weight is 327 g/mol. The smallest absolute Gasteiger partial charge is 0.410 e. The van der Waals surface area contributed by atoms with Gasteiger partial charge in [0.05, 0.1) is 19.2 Å². The maximum Gasteiger partial charge on any atom is 0.410 e. The van der Waals surface area contributed by atoms with E-state index in [-0.39, 0.29) is 24.8 Å². The van der Waals surface area contributed by atoms with Gasteiger partial charge in [-0.25, -0.2) is 9.78 Å². The molecule has 1 amide bonds. The number of nitrogens with zero attached hydrogens (tertiary/aromatic N) is 2. The second-order valence-electron chi connectivity index (χ2n) is 5.88. The zero-order chi connectivity index (χ0) is 16.9. The Hall–Kier alpha value is -2.60. The predicted molar refractivity (Wildman–Crippen MR) is 90.1 cm³/mol. The molecule has 1 aromatic carbocycles. The van der Waals surface area contributed by atoms with Crippen molar-refractivity contribution in [3.63, 3.8) is 0 Å². The molecule has 0 saturated carbocycles. The molecule has 2 atom stereocenters. The van der Waals surface area contributed by atoms with Gasteiger partial charge in [0.15, 0.2) is 0 Å². The number of rotatable bonds is 3. The summed E-state index contributed by atoms with van der Waals surface area (Å²) in [7, 11) is 0. The summed E-state index contributed by atoms with van der Waals surface area (Å²) in [5.41, 5.74) is 7.48. The summed E-state index contributed by atoms with van der Waals surface area (Å²) in [5, 5.41) is 0. The van der Waals surface area contributed by atoms with E-state index in [0.717, 1.165) is 11.1 Å². The number of ether oxygens (including phenoxy) is 2. The fourth-order valence-electron chi connectivity index (χ4n) is 2.62. The second kappa shape index (κ2) is 7.31. The van der Waals surface area contributed by atoms with Gasteiger partial charge in [-0.2, -0.15) is 0 Å². The van der Waals surface area contributed by atoms with Crippen molar-refractivity contribution in [1.29, 1.82) is 0 Å². The summed E-state index contributed by atoms with van der Waals surface area (Å²) in [5.74, 6) is 0.460. The molecule has 1 aliphatic rings. The van der Waals surface area contributed by atoms with Crippen LogP contribution in [-0.2, 0) is 16.1 Å². The number of carbonyl (C=O) groups excluding carboxylic acids is 1. The lowest BCUT2D eigenvalue weighted by molar-refractivity contribution is -0.0562. The van der Waals surface area contributed by atoms with Crippen LogP contribution in [0.4, 0.5) is 10.6 Å². The van der Waals surface area contributed by atoms with Gasteiger partial charge in [0, 0.05) is 11.8 Å². The molecule has 126 valence electrons. The van der Waals surface area contributed by atoms with Gasteiger partial charge in [-0.1, -0.05) is 36.4 Å². The van der Waals surface area contributed by atoms with Crippen molar-refractivity contribution in [3.05, 3.63) is 59.8 Å². The highest BCUT2D eigenvalue weighted by molar-refractivity contribution is 5.68. The third-order valence-electron chi connectivity index (χ3n) is 4.05. The van der Waals surface area contributed by atoms with E-state index in [9.17, 15) is 4.79 Å². The van der Waals surface area contributed by atoms with Crippen LogP contribution in [0.15, 0.2) is 48.7 Å². The van der Waals surface area contributed by atoms with E-state index in [4.69, 9.17) is 15.2 Å². The molecule has 1 saturated heterocycles. The number of nitrogens with two attached hydrogens (primary N) is 1. The molecule has 2 aromatic rings. The van der Waals surface area contributed by atoms with Crippen LogP contribution in [0, 0.1) is 0 Å². The Morgan fingerprint density at radius 2 is 2.12 bits per heavy atom. The molecule has 24 heavy (non-hydrogen) atoms. The molecule has 2 heterocycles. The Morgan fingerprint density at radius 3 is 2.83 bits per heavy atom. The lowest BCUT2D eigenvalue weighted by Crippen LogP contribution is -2.48. The van der Waals surface area contributed by atoms with E-state index in [1.807, 2.05) is 43.3 Å². The summed E-state index contributed by atoms with van der Waals surface area (Å²) in [6, 6.07) is 13.2. The van der Waals surface area contributed by atoms with Crippen molar-refractivity contribution in [2.75, 3.05) is 18.9 Å². The number of aromatic nitrogens is 1. The van der Waals surface area contributed by atoms with E-state index in [1.54, 1.807) is 17.2 Å². The average Bonchev–Trinajstić information content (AvgIpc) is 2.62. The van der Waals surface area contributed by atoms with Crippen molar-refractivity contribution in [2.45, 2.75) is 25.7 Å². The fourth-order valence-corrected chi connectivity index (χ4v) is 2.62. The highest BCUT2D eigenvalue weighted by Gasteiger charge is 2.31. The van der Waals surface area contributed by atoms with Crippen molar-refractivity contribution >= 4 is 11.9 Å². The van der Waals surface area contributed by atoms with E-state index < -0.39 is 0 Å². The first kappa shape index (κ1) is 16.3. The molecule has 0 bridgehead atoms. The molecule has 1 aromatic heterocycles. The first-order chi connectivity index (χ1) is 11.6. The van der Waals surface area contributed by atoms with E-state index in [0.29, 0.717) is 19.0 Å². The van der Waals surface area contributed by atoms with Crippen LogP contribution < -0.4 is 5.73 Å². The summed E-state index contributed by atoms with van der Waals surface area (Å²) in [6.45, 7) is 3.09. The van der Waals surface area contributed by atoms with Gasteiger partial charge in [0.25, 0.3) is 0 Å². The normalized spacial score (nSPS) is 20.6. The molecule has 6 heteroatoms. The summed E-state index contributed by atoms with van der Waals surface area (Å²) in [6.07, 6.45) is 1.13. The van der Waals surface area contributed by atoms with Crippen molar-refractivity contribution in [1.82, 2.24) is 9.88 Å². The monoisotopic (exact) mass is 327 g/mol. The maximum atomic E-state index is 12.4. The standard InChI is InChI=1S/C18H21N3O3/c1-13-11-23-16(15-7-8-17(19)20-9-15)10-21(13)18(22)24-12-14-5-3-2-4-6-14/h2-9,13,16H,10-12H2,1H3,(H2,19,20)/t13-,16?/m1/s1. The Bertz CT molecular complexity index is 676. The molecule has 1 unspecified atom stereocenters. The lowest BCUT2D eigenvalue weighted by atomic mass is 10.1. The van der Waals surface area contributed by atoms with Crippen LogP contribution in [0.2, 0.25) is 0 Å². The molecule has 1 aliphatic heterocycles. The number of benzene rings is 1. The minimum Gasteiger partial charge on any atom is -0.445 e. The SMILES string of the molecule is C[C@@H]1COC(c2ccc(N)nc2)CN1C(=O)OCc1ccccc1. The van der Waals surface area contributed by atoms with Gasteiger partial charge in [-0.3, -0.25) is 0 Å². The van der Waals surface area contributed by atoms with Gasteiger partial charge in [-0.05, 0) is 18.6 Å². The topological polar surface area (TPSA) is 77.7 Å². The Kier molecular flexibility index (Phi) is 4.96. The number of hydrogen-bond donors (Lipinski definition) is 1. The number of amides is 1. The van der Waals surface area contributed by atoms with Crippen molar-refractivity contribution < 1.29 is 14.3 Å². The molecule has 6 nitrogen and oxygen atoms in total. The van der Waals surface area contributed by atoms with E-state index in [2.05, 4.69) is 4.98 Å². The molecule has 0 spiro atoms. The Labute approximate surface area is 141 Å². The summed E-state index contributed by atoms with van der Waals surface area (Å²) >= 11 is 0. The summed E-state index contributed by atoms with van der Waals surface area (Å²) in [4.78, 5) is 18.2. The lowest BCUT2D eigenvalue weighted by Gasteiger charge is -2.37. The number of carbonyl (C=O) groups is 1. The van der Waals surface area contributed by atoms with Gasteiger partial charge < -0.3 is 20.1 Å². The Morgan fingerprint density at radius 1 is 1.33 bits per heavy atom. The van der Waals surface area contributed by atoms with Crippen LogP contribution in [0.1, 0.15) is 24.2 Å². The first-order valence-electron chi connectivity index (χ1n) is 7.94. The van der Waals surface area contributed by atoms with Crippen LogP contribution in [0.5, 0.6) is 0 Å². The van der Waals surface area contributed by atoms with Crippen LogP contribution in [-0.4, -0.2) is 35.2 Å². The van der Waals surface area contributed by atoms with Crippen LogP contribution in [0.3, 0.4) is 0 Å². The highest BCUT2D eigenvalue weighted by Crippen LogP contribution is 2.25. The van der Waals surface area contributed by atoms with Gasteiger partial charge in [0.2, 0.25) is 0 Å². The van der Waals surface area contributed by atoms with E-state index in [1.165, 1.54) is 0 Å². The zero-order valence-corrected chi connectivity index (χ0v) is 13.6. The minimum atomic E-state index is -0.331. The molecule has 0 aliphatic carbocycles. The van der Waals surface area contributed by atoms with Gasteiger partial charge in [0.1, 0.15) is 18.5 Å². The third kappa shape index (κ3) is 3.83. The zero-order valence-electron chi connectivity index (χ0n) is 13.6. The first-order valence-corrected chi connectivity index (χ1v) is 7.94. The maximum absolute atomic E-state index is 12.4. The molecule has 1 fully saturated rings. The summed E-state index contributed by atoms with van der Waals surface area (Å²) < 4.78 is 11.3. The minimum absolute atomic E-state index is 0.0359. The molecular weight excluding hydrogens is 306 g/mol. The predicted octanol–water partition coefficient (Wildman–Crippen LogP) is 2.76. The van der Waals surface area contributed by atoms with Crippen molar-refractivity contribution in [2.24, 2.45) is 0 Å². The molecular formula is C18H21N3O3. The van der Waals surface area contributed by atoms with Crippen molar-refractivity contribution in [3.8, 4) is 0 Å². The van der Waals surface area contributed by atoms with E-state index >= 15 is 0 Å². The highest BCUT2D eigenvalue weighted by atomic mass is 16.6.